The number of hydrogen-bond acceptors (Lipinski definition) is 7. The molecule has 1 saturated heterocycles. The van der Waals surface area contributed by atoms with Gasteiger partial charge >= 0.3 is 6.18 Å². The van der Waals surface area contributed by atoms with Crippen molar-refractivity contribution in [3.05, 3.63) is 58.6 Å². The SMILES string of the molecule is CCC(C)Nc1ccc2c(C(=O)NCC(c3cnc(C(F)(F)F)nc3)N3CCOCC3)c(Cl)ccc2n1. The van der Waals surface area contributed by atoms with Crippen LogP contribution in [0.2, 0.25) is 5.02 Å². The summed E-state index contributed by atoms with van der Waals surface area (Å²) in [6, 6.07) is 6.78. The molecule has 1 aliphatic rings. The Morgan fingerprint density at radius 2 is 1.86 bits per heavy atom. The lowest BCUT2D eigenvalue weighted by Crippen LogP contribution is -2.44. The average molecular weight is 537 g/mol. The van der Waals surface area contributed by atoms with Gasteiger partial charge in [0, 0.05) is 49.0 Å². The lowest BCUT2D eigenvalue weighted by atomic mass is 10.1. The van der Waals surface area contributed by atoms with E-state index in [0.717, 1.165) is 18.8 Å². The highest BCUT2D eigenvalue weighted by Crippen LogP contribution is 2.29. The van der Waals surface area contributed by atoms with E-state index in [0.29, 0.717) is 48.6 Å². The minimum Gasteiger partial charge on any atom is -0.379 e. The van der Waals surface area contributed by atoms with Gasteiger partial charge in [0.25, 0.3) is 5.91 Å². The normalized spacial score (nSPS) is 16.4. The number of alkyl halides is 3. The number of nitrogens with zero attached hydrogens (tertiary/aromatic N) is 4. The highest BCUT2D eigenvalue weighted by Gasteiger charge is 2.35. The van der Waals surface area contributed by atoms with Gasteiger partial charge in [0.2, 0.25) is 5.82 Å². The quantitative estimate of drug-likeness (QED) is 0.431. The smallest absolute Gasteiger partial charge is 0.379 e. The summed E-state index contributed by atoms with van der Waals surface area (Å²) in [5.74, 6) is -0.922. The maximum Gasteiger partial charge on any atom is 0.451 e. The van der Waals surface area contributed by atoms with Crippen molar-refractivity contribution >= 4 is 34.2 Å². The highest BCUT2D eigenvalue weighted by molar-refractivity contribution is 6.35. The molecule has 3 aromatic rings. The second-order valence-corrected chi connectivity index (χ2v) is 9.26. The topological polar surface area (TPSA) is 92.3 Å². The Hall–Kier alpha value is -3.02. The zero-order valence-electron chi connectivity index (χ0n) is 20.5. The lowest BCUT2D eigenvalue weighted by molar-refractivity contribution is -0.145. The predicted molar refractivity (Wildman–Crippen MR) is 135 cm³/mol. The van der Waals surface area contributed by atoms with Crippen LogP contribution >= 0.6 is 11.6 Å². The molecule has 0 saturated carbocycles. The van der Waals surface area contributed by atoms with Crippen molar-refractivity contribution < 1.29 is 22.7 Å². The molecule has 2 aromatic heterocycles. The Balaban J connectivity index is 1.57. The summed E-state index contributed by atoms with van der Waals surface area (Å²) in [6.45, 7) is 6.28. The highest BCUT2D eigenvalue weighted by atomic mass is 35.5. The number of amides is 1. The van der Waals surface area contributed by atoms with Crippen LogP contribution in [0.3, 0.4) is 0 Å². The molecule has 12 heteroatoms. The average Bonchev–Trinajstić information content (AvgIpc) is 2.89. The first-order chi connectivity index (χ1) is 17.7. The molecule has 2 N–H and O–H groups in total. The van der Waals surface area contributed by atoms with Gasteiger partial charge in [-0.15, -0.1) is 0 Å². The molecule has 2 unspecified atom stereocenters. The van der Waals surface area contributed by atoms with Gasteiger partial charge in [-0.25, -0.2) is 15.0 Å². The number of carbonyl (C=O) groups excluding carboxylic acids is 1. The van der Waals surface area contributed by atoms with Crippen molar-refractivity contribution in [2.45, 2.75) is 38.5 Å². The first-order valence-electron chi connectivity index (χ1n) is 12.0. The Morgan fingerprint density at radius 1 is 1.16 bits per heavy atom. The Morgan fingerprint density at radius 3 is 2.51 bits per heavy atom. The Labute approximate surface area is 217 Å². The molecule has 2 atom stereocenters. The van der Waals surface area contributed by atoms with Crippen LogP contribution in [0.15, 0.2) is 36.7 Å². The minimum atomic E-state index is -4.63. The van der Waals surface area contributed by atoms with Gasteiger partial charge < -0.3 is 15.4 Å². The van der Waals surface area contributed by atoms with E-state index in [2.05, 4.69) is 39.4 Å². The van der Waals surface area contributed by atoms with Gasteiger partial charge in [0.1, 0.15) is 5.82 Å². The van der Waals surface area contributed by atoms with E-state index >= 15 is 0 Å². The van der Waals surface area contributed by atoms with E-state index in [-0.39, 0.29) is 23.2 Å². The summed E-state index contributed by atoms with van der Waals surface area (Å²) in [4.78, 5) is 27.0. The summed E-state index contributed by atoms with van der Waals surface area (Å²) in [5.41, 5.74) is 1.36. The van der Waals surface area contributed by atoms with Crippen molar-refractivity contribution in [1.82, 2.24) is 25.2 Å². The molecule has 8 nitrogen and oxygen atoms in total. The molecular weight excluding hydrogens is 509 g/mol. The number of ether oxygens (including phenoxy) is 1. The molecule has 1 aromatic carbocycles. The molecule has 1 amide bonds. The van der Waals surface area contributed by atoms with Crippen LogP contribution in [0.4, 0.5) is 19.0 Å². The van der Waals surface area contributed by atoms with Gasteiger partial charge in [-0.3, -0.25) is 9.69 Å². The van der Waals surface area contributed by atoms with Gasteiger partial charge in [-0.05, 0) is 37.6 Å². The third-order valence-electron chi connectivity index (χ3n) is 6.31. The Bertz CT molecular complexity index is 1240. The maximum atomic E-state index is 13.3. The number of aromatic nitrogens is 3. The van der Waals surface area contributed by atoms with E-state index in [9.17, 15) is 18.0 Å². The van der Waals surface area contributed by atoms with Crippen LogP contribution in [0.1, 0.15) is 48.1 Å². The second-order valence-electron chi connectivity index (χ2n) is 8.85. The summed E-state index contributed by atoms with van der Waals surface area (Å²) in [6.07, 6.45) is -1.39. The van der Waals surface area contributed by atoms with Crippen molar-refractivity contribution in [3.63, 3.8) is 0 Å². The molecule has 0 radical (unpaired) electrons. The summed E-state index contributed by atoms with van der Waals surface area (Å²) >= 11 is 6.43. The van der Waals surface area contributed by atoms with E-state index in [1.165, 1.54) is 0 Å². The van der Waals surface area contributed by atoms with Crippen molar-refractivity contribution in [2.75, 3.05) is 38.2 Å². The molecule has 198 valence electrons. The van der Waals surface area contributed by atoms with Crippen LogP contribution in [-0.2, 0) is 10.9 Å². The first-order valence-corrected chi connectivity index (χ1v) is 12.4. The number of nitrogens with one attached hydrogen (secondary N) is 2. The number of halogens is 4. The fraction of sp³-hybridized carbons (Fsp3) is 0.440. The summed E-state index contributed by atoms with van der Waals surface area (Å²) < 4.78 is 44.3. The first kappa shape index (κ1) is 27.0. The Kier molecular flexibility index (Phi) is 8.46. The fourth-order valence-electron chi connectivity index (χ4n) is 4.12. The molecular formula is C25H28ClF3N6O2. The minimum absolute atomic E-state index is 0.112. The van der Waals surface area contributed by atoms with E-state index in [4.69, 9.17) is 16.3 Å². The van der Waals surface area contributed by atoms with E-state index in [1.54, 1.807) is 24.3 Å². The maximum absolute atomic E-state index is 13.3. The van der Waals surface area contributed by atoms with Crippen LogP contribution < -0.4 is 10.6 Å². The molecule has 4 rings (SSSR count). The summed E-state index contributed by atoms with van der Waals surface area (Å²) in [5, 5.41) is 7.08. The van der Waals surface area contributed by atoms with Crippen molar-refractivity contribution in [2.24, 2.45) is 0 Å². The number of benzene rings is 1. The third kappa shape index (κ3) is 6.46. The number of anilines is 1. The third-order valence-corrected chi connectivity index (χ3v) is 6.62. The van der Waals surface area contributed by atoms with Crippen LogP contribution in [0, 0.1) is 0 Å². The van der Waals surface area contributed by atoms with Gasteiger partial charge in [-0.1, -0.05) is 18.5 Å². The molecule has 3 heterocycles. The zero-order chi connectivity index (χ0) is 26.6. The van der Waals surface area contributed by atoms with Gasteiger partial charge in [-0.2, -0.15) is 13.2 Å². The molecule has 0 aliphatic carbocycles. The summed E-state index contributed by atoms with van der Waals surface area (Å²) in [7, 11) is 0. The number of carbonyl (C=O) groups is 1. The number of hydrogen-bond donors (Lipinski definition) is 2. The molecule has 1 aliphatic heterocycles. The van der Waals surface area contributed by atoms with Gasteiger partial charge in [0.05, 0.1) is 35.4 Å². The number of fused-ring (bicyclic) bond motifs is 1. The molecule has 1 fully saturated rings. The van der Waals surface area contributed by atoms with E-state index in [1.807, 2.05) is 4.90 Å². The van der Waals surface area contributed by atoms with Crippen LogP contribution in [0.25, 0.3) is 10.9 Å². The molecule has 0 bridgehead atoms. The van der Waals surface area contributed by atoms with E-state index < -0.39 is 23.9 Å². The number of morpholine rings is 1. The van der Waals surface area contributed by atoms with Crippen molar-refractivity contribution in [3.8, 4) is 0 Å². The monoisotopic (exact) mass is 536 g/mol. The fourth-order valence-corrected chi connectivity index (χ4v) is 4.37. The number of pyridine rings is 1. The van der Waals surface area contributed by atoms with Crippen LogP contribution in [-0.4, -0.2) is 64.6 Å². The predicted octanol–water partition coefficient (Wildman–Crippen LogP) is 4.71. The molecule has 37 heavy (non-hydrogen) atoms. The second kappa shape index (κ2) is 11.6. The lowest BCUT2D eigenvalue weighted by Gasteiger charge is -2.34. The standard InChI is InChI=1S/C25H28ClF3N6O2/c1-3-15(2)33-21-7-4-17-19(34-21)6-5-18(26)22(17)23(36)30-14-20(35-8-10-37-11-9-35)16-12-31-24(32-13-16)25(27,28)29/h4-7,12-13,15,20H,3,8-11,14H2,1-2H3,(H,30,36)(H,33,34). The number of rotatable bonds is 8. The largest absolute Gasteiger partial charge is 0.451 e. The zero-order valence-corrected chi connectivity index (χ0v) is 21.2. The van der Waals surface area contributed by atoms with Gasteiger partial charge in [0.15, 0.2) is 0 Å². The van der Waals surface area contributed by atoms with Crippen LogP contribution in [0.5, 0.6) is 0 Å². The molecule has 0 spiro atoms. The van der Waals surface area contributed by atoms with Crippen molar-refractivity contribution in [1.29, 1.82) is 0 Å².